The number of nitrogens with one attached hydrogen (secondary N) is 4. The van der Waals surface area contributed by atoms with Gasteiger partial charge in [-0.25, -0.2) is 17.8 Å². The topological polar surface area (TPSA) is 219 Å². The van der Waals surface area contributed by atoms with E-state index in [1.807, 2.05) is 6.08 Å². The molecule has 5 unspecified atom stereocenters. The SMILES string of the molecule is COc1c(F)ccc2c(OC3CC4C(=O)NC5(C(=O)NS(=O)(=O)C6(C)CC6)CC5C=CCCCCCC(NC(=O)C(=N)CC=NCC(F)(F)F)C(=O)N4C3)cc(OC(C)C)nc12. The second-order valence-corrected chi connectivity index (χ2v) is 18.8. The van der Waals surface area contributed by atoms with Crippen LogP contribution in [0, 0.1) is 17.1 Å². The Hall–Kier alpha value is -5.34. The minimum atomic E-state index is -4.58. The summed E-state index contributed by atoms with van der Waals surface area (Å²) >= 11 is 0. The monoisotopic (exact) mass is 893 g/mol. The van der Waals surface area contributed by atoms with Gasteiger partial charge >= 0.3 is 6.18 Å². The van der Waals surface area contributed by atoms with Gasteiger partial charge in [-0.1, -0.05) is 25.0 Å². The Morgan fingerprint density at radius 3 is 2.60 bits per heavy atom. The van der Waals surface area contributed by atoms with Gasteiger partial charge in [0.15, 0.2) is 11.6 Å². The van der Waals surface area contributed by atoms with Crippen molar-refractivity contribution >= 4 is 56.5 Å². The fourth-order valence-electron chi connectivity index (χ4n) is 7.57. The molecular formula is C41H51F4N7O9S. The number of sulfonamides is 1. The number of pyridine rings is 1. The summed E-state index contributed by atoms with van der Waals surface area (Å²) < 4.78 is 97.8. The number of nitrogens with zero attached hydrogens (tertiary/aromatic N) is 3. The molecular weight excluding hydrogens is 843 g/mol. The number of benzene rings is 1. The molecule has 0 radical (unpaired) electrons. The third-order valence-corrected chi connectivity index (χ3v) is 13.6. The Morgan fingerprint density at radius 1 is 1.18 bits per heavy atom. The number of hydrogen-bond acceptors (Lipinski definition) is 12. The lowest BCUT2D eigenvalue weighted by atomic mass is 10.0. The van der Waals surface area contributed by atoms with Crippen molar-refractivity contribution in [2.75, 3.05) is 20.2 Å². The molecule has 4 N–H and O–H groups in total. The first-order chi connectivity index (χ1) is 29.2. The molecule has 1 aromatic carbocycles. The molecule has 5 atom stereocenters. The summed E-state index contributed by atoms with van der Waals surface area (Å²) in [6, 6.07) is 1.42. The van der Waals surface area contributed by atoms with Gasteiger partial charge in [0.25, 0.3) is 11.8 Å². The summed E-state index contributed by atoms with van der Waals surface area (Å²) in [5.74, 6) is -4.70. The van der Waals surface area contributed by atoms with Crippen molar-refractivity contribution in [2.24, 2.45) is 10.9 Å². The highest BCUT2D eigenvalue weighted by atomic mass is 32.2. The van der Waals surface area contributed by atoms with E-state index in [9.17, 15) is 45.2 Å². The Morgan fingerprint density at radius 2 is 1.92 bits per heavy atom. The van der Waals surface area contributed by atoms with E-state index in [4.69, 9.17) is 19.6 Å². The smallest absolute Gasteiger partial charge is 0.407 e. The van der Waals surface area contributed by atoms with Crippen LogP contribution in [-0.2, 0) is 29.2 Å². The Bertz CT molecular complexity index is 2270. The lowest BCUT2D eigenvalue weighted by Crippen LogP contribution is -2.58. The van der Waals surface area contributed by atoms with Gasteiger partial charge in [-0.2, -0.15) is 13.2 Å². The first-order valence-corrected chi connectivity index (χ1v) is 21.9. The zero-order chi connectivity index (χ0) is 45.2. The summed E-state index contributed by atoms with van der Waals surface area (Å²) in [4.78, 5) is 65.2. The van der Waals surface area contributed by atoms with Crippen LogP contribution in [-0.4, -0.2) is 115 Å². The number of hydrogen-bond donors (Lipinski definition) is 4. The molecule has 2 saturated carbocycles. The summed E-state index contributed by atoms with van der Waals surface area (Å²) in [6.45, 7) is 3.30. The Balaban J connectivity index is 1.33. The van der Waals surface area contributed by atoms with Crippen molar-refractivity contribution in [3.63, 3.8) is 0 Å². The van der Waals surface area contributed by atoms with Crippen molar-refractivity contribution in [3.8, 4) is 17.4 Å². The molecule has 2 aliphatic heterocycles. The fourth-order valence-corrected chi connectivity index (χ4v) is 8.88. The number of alkyl halides is 3. The highest BCUT2D eigenvalue weighted by molar-refractivity contribution is 7.91. The normalized spacial score (nSPS) is 25.3. The zero-order valence-corrected chi connectivity index (χ0v) is 35.6. The standard InChI is InChI=1S/C41H51F4N7O9S/c1-23(2)60-32-19-31(26-12-13-27(42)34(59-4)33(26)49-32)61-25-18-30-36(54)50-40(38(56)51-62(57,58)39(3)15-16-39)20-24(40)10-8-6-5-7-9-11-29(37(55)52(30)21-25)48-35(53)28(46)14-17-47-22-41(43,44)45/h8,10,12-13,17,19,23-25,29-30,46H,5-7,9,11,14-16,18,20-22H2,1-4H3,(H,48,53)(H,50,54)(H,51,56). The van der Waals surface area contributed by atoms with Crippen LogP contribution in [0.15, 0.2) is 35.3 Å². The van der Waals surface area contributed by atoms with E-state index in [0.717, 1.165) is 12.3 Å². The molecule has 3 fully saturated rings. The van der Waals surface area contributed by atoms with Crippen molar-refractivity contribution in [1.29, 1.82) is 5.41 Å². The molecule has 0 bridgehead atoms. The molecule has 4 aliphatic rings. The average Bonchev–Trinajstić information content (AvgIpc) is 4.07. The number of halogens is 4. The largest absolute Gasteiger partial charge is 0.491 e. The second kappa shape index (κ2) is 18.2. The summed E-state index contributed by atoms with van der Waals surface area (Å²) in [6.07, 6.45) is 0.903. The first kappa shape index (κ1) is 46.2. The van der Waals surface area contributed by atoms with Crippen LogP contribution < -0.4 is 29.6 Å². The van der Waals surface area contributed by atoms with E-state index >= 15 is 0 Å². The van der Waals surface area contributed by atoms with Gasteiger partial charge in [0.05, 0.1) is 24.5 Å². The van der Waals surface area contributed by atoms with E-state index in [-0.39, 0.29) is 54.8 Å². The number of methoxy groups -OCH3 is 1. The second-order valence-electron chi connectivity index (χ2n) is 16.7. The number of rotatable bonds is 13. The van der Waals surface area contributed by atoms with E-state index in [0.29, 0.717) is 43.9 Å². The number of aromatic nitrogens is 1. The highest BCUT2D eigenvalue weighted by Gasteiger charge is 2.63. The fraction of sp³-hybridized carbons (Fsp3) is 0.585. The van der Waals surface area contributed by atoms with E-state index in [1.54, 1.807) is 19.9 Å². The molecule has 16 nitrogen and oxygen atoms in total. The highest BCUT2D eigenvalue weighted by Crippen LogP contribution is 2.48. The number of amides is 4. The maximum Gasteiger partial charge on any atom is 0.407 e. The van der Waals surface area contributed by atoms with Crippen molar-refractivity contribution in [2.45, 2.75) is 126 Å². The summed E-state index contributed by atoms with van der Waals surface area (Å²) in [5, 5.41) is 13.8. The van der Waals surface area contributed by atoms with Gasteiger partial charge in [0.2, 0.25) is 27.7 Å². The minimum absolute atomic E-state index is 0.0672. The van der Waals surface area contributed by atoms with Crippen molar-refractivity contribution in [3.05, 3.63) is 36.2 Å². The minimum Gasteiger partial charge on any atom is -0.491 e. The lowest BCUT2D eigenvalue weighted by molar-refractivity contribution is -0.142. The van der Waals surface area contributed by atoms with Gasteiger partial charge in [-0.3, -0.25) is 34.3 Å². The van der Waals surface area contributed by atoms with Gasteiger partial charge < -0.3 is 29.7 Å². The third-order valence-electron chi connectivity index (χ3n) is 11.4. The predicted molar refractivity (Wildman–Crippen MR) is 218 cm³/mol. The van der Waals surface area contributed by atoms with E-state index < -0.39 is 98.7 Å². The maximum absolute atomic E-state index is 14.9. The van der Waals surface area contributed by atoms with Crippen LogP contribution in [0.4, 0.5) is 17.6 Å². The van der Waals surface area contributed by atoms with E-state index in [1.165, 1.54) is 31.1 Å². The van der Waals surface area contributed by atoms with Crippen LogP contribution >= 0.6 is 0 Å². The number of carbonyl (C=O) groups is 4. The molecule has 338 valence electrons. The zero-order valence-electron chi connectivity index (χ0n) is 34.8. The number of ether oxygens (including phenoxy) is 3. The molecule has 1 aromatic heterocycles. The van der Waals surface area contributed by atoms with Crippen LogP contribution in [0.3, 0.4) is 0 Å². The maximum atomic E-state index is 14.9. The third kappa shape index (κ3) is 10.5. The molecule has 1 saturated heterocycles. The number of allylic oxidation sites excluding steroid dienone is 1. The molecule has 21 heteroatoms. The molecule has 3 heterocycles. The molecule has 2 aromatic rings. The summed E-state index contributed by atoms with van der Waals surface area (Å²) in [7, 11) is -2.83. The first-order valence-electron chi connectivity index (χ1n) is 20.5. The summed E-state index contributed by atoms with van der Waals surface area (Å²) in [5.41, 5.74) is -2.24. The molecule has 0 spiro atoms. The average molecular weight is 894 g/mol. The number of aliphatic imine (C=N–C) groups is 1. The molecule has 62 heavy (non-hydrogen) atoms. The van der Waals surface area contributed by atoms with Crippen LogP contribution in [0.5, 0.6) is 17.4 Å². The van der Waals surface area contributed by atoms with Gasteiger partial charge in [-0.15, -0.1) is 0 Å². The predicted octanol–water partition coefficient (Wildman–Crippen LogP) is 4.44. The van der Waals surface area contributed by atoms with Crippen LogP contribution in [0.2, 0.25) is 0 Å². The van der Waals surface area contributed by atoms with Crippen LogP contribution in [0.25, 0.3) is 10.9 Å². The Labute approximate surface area is 356 Å². The van der Waals surface area contributed by atoms with Gasteiger partial charge in [0, 0.05) is 36.4 Å². The number of carbonyl (C=O) groups excluding carboxylic acids is 4. The van der Waals surface area contributed by atoms with E-state index in [2.05, 4.69) is 25.3 Å². The quantitative estimate of drug-likeness (QED) is 0.126. The lowest BCUT2D eigenvalue weighted by Gasteiger charge is -2.30. The molecule has 6 rings (SSSR count). The van der Waals surface area contributed by atoms with Crippen molar-refractivity contribution in [1.82, 2.24) is 25.2 Å². The molecule has 2 aliphatic carbocycles. The van der Waals surface area contributed by atoms with Crippen molar-refractivity contribution < 1.29 is 59.4 Å². The number of fused-ring (bicyclic) bond motifs is 3. The van der Waals surface area contributed by atoms with Crippen LogP contribution in [0.1, 0.15) is 85.0 Å². The van der Waals surface area contributed by atoms with Gasteiger partial charge in [0.1, 0.15) is 47.2 Å². The molecule has 4 amide bonds. The van der Waals surface area contributed by atoms with Gasteiger partial charge in [-0.05, 0) is 71.4 Å². The Kier molecular flexibility index (Phi) is 13.5.